The van der Waals surface area contributed by atoms with Crippen LogP contribution < -0.4 is 19.7 Å². The molecule has 6 rings (SSSR count). The highest BCUT2D eigenvalue weighted by atomic mass is 32.2. The van der Waals surface area contributed by atoms with Crippen LogP contribution in [0.5, 0.6) is 17.2 Å². The Labute approximate surface area is 336 Å². The molecule has 1 aliphatic rings. The smallest absolute Gasteiger partial charge is 0.489 e. The van der Waals surface area contributed by atoms with Gasteiger partial charge in [0.2, 0.25) is 10.0 Å². The Morgan fingerprint density at radius 2 is 1.33 bits per heavy atom. The van der Waals surface area contributed by atoms with Gasteiger partial charge in [0.15, 0.2) is 5.82 Å². The molecule has 0 saturated carbocycles. The van der Waals surface area contributed by atoms with Crippen LogP contribution in [0.1, 0.15) is 37.5 Å². The van der Waals surface area contributed by atoms with E-state index >= 15 is 8.42 Å². The molecule has 15 nitrogen and oxygen atoms in total. The van der Waals surface area contributed by atoms with Crippen molar-refractivity contribution in [3.05, 3.63) is 102 Å². The number of nitrogens with zero attached hydrogens (tertiary/aromatic N) is 6. The van der Waals surface area contributed by atoms with Crippen molar-refractivity contribution in [2.75, 3.05) is 34.4 Å². The average molecular weight is 817 g/mol. The van der Waals surface area contributed by atoms with Gasteiger partial charge < -0.3 is 33.9 Å². The van der Waals surface area contributed by atoms with Gasteiger partial charge in [-0.25, -0.2) is 17.9 Å². The molecule has 0 spiro atoms. The number of aromatic nitrogens is 4. The molecular weight excluding hydrogens is 771 g/mol. The fourth-order valence-corrected chi connectivity index (χ4v) is 9.53. The van der Waals surface area contributed by atoms with Crippen LogP contribution in [-0.2, 0) is 34.4 Å². The molecule has 0 radical (unpaired) electrons. The largest absolute Gasteiger partial charge is 0.497 e. The molecule has 57 heavy (non-hydrogen) atoms. The Morgan fingerprint density at radius 3 is 1.81 bits per heavy atom. The first kappa shape index (κ1) is 41.5. The van der Waals surface area contributed by atoms with E-state index in [1.165, 1.54) is 26.8 Å². The molecule has 300 valence electrons. The first-order chi connectivity index (χ1) is 27.2. The Morgan fingerprint density at radius 1 is 0.825 bits per heavy atom. The van der Waals surface area contributed by atoms with Gasteiger partial charge in [-0.1, -0.05) is 42.5 Å². The molecule has 0 aliphatic carbocycles. The minimum absolute atomic E-state index is 0.00720. The number of hydrogen-bond acceptors (Lipinski definition) is 13. The minimum Gasteiger partial charge on any atom is -0.497 e. The Hall–Kier alpha value is -5.14. The van der Waals surface area contributed by atoms with Crippen molar-refractivity contribution in [1.82, 2.24) is 29.4 Å². The first-order valence-corrected chi connectivity index (χ1v) is 20.3. The van der Waals surface area contributed by atoms with Crippen molar-refractivity contribution < 1.29 is 42.2 Å². The van der Waals surface area contributed by atoms with Gasteiger partial charge in [0.1, 0.15) is 27.7 Å². The molecule has 1 fully saturated rings. The Kier molecular flexibility index (Phi) is 12.8. The number of amides is 1. The highest BCUT2D eigenvalue weighted by Gasteiger charge is 2.40. The van der Waals surface area contributed by atoms with Gasteiger partial charge in [0.25, 0.3) is 0 Å². The molecule has 1 aromatic heterocycles. The van der Waals surface area contributed by atoms with Gasteiger partial charge in [0.05, 0.1) is 27.9 Å². The number of tetrazole rings is 1. The topological polar surface area (TPSA) is 179 Å². The second kappa shape index (κ2) is 17.6. The van der Waals surface area contributed by atoms with Crippen molar-refractivity contribution in [3.8, 4) is 28.6 Å². The zero-order chi connectivity index (χ0) is 40.9. The van der Waals surface area contributed by atoms with Crippen molar-refractivity contribution in [1.29, 1.82) is 0 Å². The number of sulfonamides is 1. The Balaban J connectivity index is 1.49. The minimum atomic E-state index is -4.56. The molecule has 4 aromatic carbocycles. The average Bonchev–Trinajstić information content (AvgIpc) is 3.63. The summed E-state index contributed by atoms with van der Waals surface area (Å²) in [5.74, 6) is 1.87. The molecule has 0 bridgehead atoms. The van der Waals surface area contributed by atoms with Crippen molar-refractivity contribution in [2.45, 2.75) is 61.0 Å². The summed E-state index contributed by atoms with van der Waals surface area (Å²) in [5, 5.41) is 33.9. The van der Waals surface area contributed by atoms with Gasteiger partial charge >= 0.3 is 13.2 Å². The van der Waals surface area contributed by atoms with Crippen LogP contribution in [0.3, 0.4) is 0 Å². The predicted octanol–water partition coefficient (Wildman–Crippen LogP) is 4.20. The molecular formula is C39H45BN6O9S2. The summed E-state index contributed by atoms with van der Waals surface area (Å²) >= 11 is 1.27. The van der Waals surface area contributed by atoms with E-state index in [0.717, 1.165) is 5.56 Å². The fraction of sp³-hybridized carbons (Fsp3) is 0.333. The standard InChI is InChI=1S/C39H45BN6O9S2/c1-39(2,3)55-38(47)44-24-32(25-44)56-34-20-19-33(40(48)49)35(37-41-42-43-46(37)23-28-11-17-31(54-6)18-12-28)36(34)57(50,51)45(21-26-7-13-29(52-4)14-8-26)22-27-9-15-30(53-5)16-10-27/h7-20,32,48-49H,21-25H2,1-6H3. The maximum atomic E-state index is 15.6. The zero-order valence-corrected chi connectivity index (χ0v) is 34.2. The Bertz CT molecular complexity index is 2210. The lowest BCUT2D eigenvalue weighted by atomic mass is 9.76. The lowest BCUT2D eigenvalue weighted by molar-refractivity contribution is 0.0143. The summed E-state index contributed by atoms with van der Waals surface area (Å²) in [4.78, 5) is 14.5. The summed E-state index contributed by atoms with van der Waals surface area (Å²) in [5.41, 5.74) is 1.28. The quantitative estimate of drug-likeness (QED) is 0.144. The van der Waals surface area contributed by atoms with Crippen LogP contribution in [-0.4, -0.2) is 106 Å². The van der Waals surface area contributed by atoms with E-state index in [1.54, 1.807) is 114 Å². The number of carbonyl (C=O) groups excluding carboxylic acids is 1. The third-order valence-corrected chi connectivity index (χ3v) is 12.3. The first-order valence-electron chi connectivity index (χ1n) is 18.0. The normalized spacial score (nSPS) is 13.3. The molecule has 5 aromatic rings. The molecule has 0 unspecified atom stereocenters. The van der Waals surface area contributed by atoms with Gasteiger partial charge in [-0.3, -0.25) is 0 Å². The summed E-state index contributed by atoms with van der Waals surface area (Å²) < 4.78 is 55.5. The van der Waals surface area contributed by atoms with Crippen LogP contribution in [0.15, 0.2) is 94.7 Å². The number of likely N-dealkylation sites (tertiary alicyclic amines) is 1. The van der Waals surface area contributed by atoms with E-state index in [-0.39, 0.29) is 46.6 Å². The lowest BCUT2D eigenvalue weighted by Gasteiger charge is -2.39. The lowest BCUT2D eigenvalue weighted by Crippen LogP contribution is -2.53. The number of rotatable bonds is 15. The third-order valence-electron chi connectivity index (χ3n) is 9.11. The maximum absolute atomic E-state index is 15.6. The van der Waals surface area contributed by atoms with Gasteiger partial charge in [-0.05, 0) is 95.8 Å². The highest BCUT2D eigenvalue weighted by molar-refractivity contribution is 8.00. The summed E-state index contributed by atoms with van der Waals surface area (Å²) in [6, 6.07) is 24.4. The molecule has 1 amide bonds. The van der Waals surface area contributed by atoms with Gasteiger partial charge in [-0.15, -0.1) is 16.9 Å². The SMILES string of the molecule is COc1ccc(CN(Cc2ccc(OC)cc2)S(=O)(=O)c2c(SC3CN(C(=O)OC(C)(C)C)C3)ccc(B(O)O)c2-c2nnnn2Cc2ccc(OC)cc2)cc1. The summed E-state index contributed by atoms with van der Waals surface area (Å²) in [6.45, 7) is 5.99. The van der Waals surface area contributed by atoms with Crippen LogP contribution in [0, 0.1) is 0 Å². The molecule has 18 heteroatoms. The third kappa shape index (κ3) is 9.88. The van der Waals surface area contributed by atoms with E-state index in [9.17, 15) is 14.8 Å². The van der Waals surface area contributed by atoms with Crippen molar-refractivity contribution in [3.63, 3.8) is 0 Å². The molecule has 1 saturated heterocycles. The van der Waals surface area contributed by atoms with E-state index in [2.05, 4.69) is 15.5 Å². The monoisotopic (exact) mass is 816 g/mol. The van der Waals surface area contributed by atoms with Crippen LogP contribution in [0.2, 0.25) is 0 Å². The molecule has 0 atom stereocenters. The second-order valence-corrected chi connectivity index (χ2v) is 17.6. The molecule has 2 N–H and O–H groups in total. The van der Waals surface area contributed by atoms with Gasteiger partial charge in [0, 0.05) is 41.9 Å². The van der Waals surface area contributed by atoms with Crippen LogP contribution in [0.25, 0.3) is 11.4 Å². The molecule has 2 heterocycles. The number of carbonyl (C=O) groups is 1. The predicted molar refractivity (Wildman–Crippen MR) is 215 cm³/mol. The van der Waals surface area contributed by atoms with E-state index in [4.69, 9.17) is 18.9 Å². The second-order valence-electron chi connectivity index (χ2n) is 14.3. The number of hydrogen-bond donors (Lipinski definition) is 2. The maximum Gasteiger partial charge on any atom is 0.489 e. The fourth-order valence-electron chi connectivity index (χ4n) is 6.16. The number of benzene rings is 4. The number of ether oxygens (including phenoxy) is 4. The van der Waals surface area contributed by atoms with Gasteiger partial charge in [-0.2, -0.15) is 4.31 Å². The van der Waals surface area contributed by atoms with E-state index in [1.807, 2.05) is 12.1 Å². The zero-order valence-electron chi connectivity index (χ0n) is 32.5. The summed E-state index contributed by atoms with van der Waals surface area (Å²) in [7, 11) is -1.99. The van der Waals surface area contributed by atoms with Crippen LogP contribution in [0.4, 0.5) is 4.79 Å². The number of methoxy groups -OCH3 is 3. The highest BCUT2D eigenvalue weighted by Crippen LogP contribution is 2.41. The van der Waals surface area contributed by atoms with E-state index in [0.29, 0.717) is 46.4 Å². The number of thioether (sulfide) groups is 1. The van der Waals surface area contributed by atoms with Crippen molar-refractivity contribution in [2.24, 2.45) is 0 Å². The van der Waals surface area contributed by atoms with Crippen LogP contribution >= 0.6 is 11.8 Å². The molecule has 1 aliphatic heterocycles. The van der Waals surface area contributed by atoms with Crippen molar-refractivity contribution >= 4 is 40.5 Å². The summed E-state index contributed by atoms with van der Waals surface area (Å²) in [6.07, 6.45) is -0.463. The van der Waals surface area contributed by atoms with E-state index < -0.39 is 28.8 Å².